The molecule has 8 heteroatoms. The monoisotopic (exact) mass is 294 g/mol. The van der Waals surface area contributed by atoms with Crippen LogP contribution < -0.4 is 10.6 Å². The molecule has 0 spiro atoms. The minimum atomic E-state index is -1.03. The highest BCUT2D eigenvalue weighted by atomic mass is 32.2. The molecular weight excluding hydrogens is 272 g/mol. The molecule has 7 nitrogen and oxygen atoms in total. The molecule has 0 saturated carbocycles. The highest BCUT2D eigenvalue weighted by Crippen LogP contribution is 2.00. The van der Waals surface area contributed by atoms with Gasteiger partial charge in [-0.3, -0.25) is 0 Å². The third kappa shape index (κ3) is 10.6. The summed E-state index contributed by atoms with van der Waals surface area (Å²) < 4.78 is 9.95. The first kappa shape index (κ1) is 18.0. The number of methoxy groups -OCH3 is 1. The van der Waals surface area contributed by atoms with E-state index in [1.807, 2.05) is 6.26 Å². The van der Waals surface area contributed by atoms with Crippen molar-refractivity contribution in [3.8, 4) is 0 Å². The van der Waals surface area contributed by atoms with E-state index in [2.05, 4.69) is 10.6 Å². The van der Waals surface area contributed by atoms with Gasteiger partial charge in [0.25, 0.3) is 0 Å². The summed E-state index contributed by atoms with van der Waals surface area (Å²) in [5, 5.41) is 13.9. The number of ether oxygens (including phenoxy) is 2. The molecule has 0 fully saturated rings. The predicted molar refractivity (Wildman–Crippen MR) is 73.7 cm³/mol. The third-order valence-corrected chi connectivity index (χ3v) is 2.82. The largest absolute Gasteiger partial charge is 0.480 e. The third-order valence-electron chi connectivity index (χ3n) is 2.18. The number of urea groups is 1. The summed E-state index contributed by atoms with van der Waals surface area (Å²) in [6, 6.07) is -1.36. The zero-order valence-electron chi connectivity index (χ0n) is 11.3. The van der Waals surface area contributed by atoms with E-state index in [4.69, 9.17) is 14.6 Å². The molecule has 2 amide bonds. The number of carboxylic acids is 1. The van der Waals surface area contributed by atoms with Crippen LogP contribution in [0.25, 0.3) is 0 Å². The first-order valence-corrected chi connectivity index (χ1v) is 7.34. The molecule has 19 heavy (non-hydrogen) atoms. The Morgan fingerprint density at radius 3 is 2.63 bits per heavy atom. The summed E-state index contributed by atoms with van der Waals surface area (Å²) in [5.41, 5.74) is 0. The molecule has 112 valence electrons. The van der Waals surface area contributed by atoms with Crippen LogP contribution in [0.3, 0.4) is 0 Å². The summed E-state index contributed by atoms with van der Waals surface area (Å²) in [4.78, 5) is 22.3. The lowest BCUT2D eigenvalue weighted by Crippen LogP contribution is -2.47. The van der Waals surface area contributed by atoms with Crippen molar-refractivity contribution in [2.75, 3.05) is 45.5 Å². The Labute approximate surface area is 117 Å². The van der Waals surface area contributed by atoms with Crippen LogP contribution in [0.5, 0.6) is 0 Å². The molecule has 0 aliphatic carbocycles. The number of hydrogen-bond acceptors (Lipinski definition) is 5. The number of carboxylic acid groups (broad SMARTS) is 1. The fourth-order valence-electron chi connectivity index (χ4n) is 1.18. The van der Waals surface area contributed by atoms with Crippen LogP contribution in [0.1, 0.15) is 6.42 Å². The zero-order valence-corrected chi connectivity index (χ0v) is 12.1. The molecule has 1 atom stereocenters. The van der Waals surface area contributed by atoms with E-state index in [1.54, 1.807) is 7.11 Å². The first-order chi connectivity index (χ1) is 9.11. The zero-order chi connectivity index (χ0) is 14.5. The number of carbonyl (C=O) groups excluding carboxylic acids is 1. The predicted octanol–water partition coefficient (Wildman–Crippen LogP) is 0.155. The molecule has 0 saturated heterocycles. The highest BCUT2D eigenvalue weighted by Gasteiger charge is 2.18. The van der Waals surface area contributed by atoms with Gasteiger partial charge in [0.2, 0.25) is 0 Å². The van der Waals surface area contributed by atoms with Crippen molar-refractivity contribution in [2.24, 2.45) is 0 Å². The molecule has 0 rings (SSSR count). The van der Waals surface area contributed by atoms with Crippen LogP contribution in [0, 0.1) is 0 Å². The van der Waals surface area contributed by atoms with Gasteiger partial charge in [-0.2, -0.15) is 11.8 Å². The Morgan fingerprint density at radius 1 is 1.32 bits per heavy atom. The SMILES string of the molecule is COCCOCCNC(=O)NC(CCSC)C(=O)O. The van der Waals surface area contributed by atoms with E-state index in [0.29, 0.717) is 38.5 Å². The minimum absolute atomic E-state index is 0.324. The summed E-state index contributed by atoms with van der Waals surface area (Å²) in [6.45, 7) is 1.65. The van der Waals surface area contributed by atoms with Gasteiger partial charge in [0.05, 0.1) is 19.8 Å². The maximum Gasteiger partial charge on any atom is 0.326 e. The Morgan fingerprint density at radius 2 is 2.05 bits per heavy atom. The molecule has 0 aliphatic rings. The Hall–Kier alpha value is -0.990. The second-order valence-corrected chi connectivity index (χ2v) is 4.66. The normalized spacial score (nSPS) is 11.9. The maximum absolute atomic E-state index is 11.4. The molecule has 0 aromatic heterocycles. The average Bonchev–Trinajstić information content (AvgIpc) is 2.38. The lowest BCUT2D eigenvalue weighted by Gasteiger charge is -2.14. The van der Waals surface area contributed by atoms with Gasteiger partial charge in [0.15, 0.2) is 0 Å². The molecule has 0 bridgehead atoms. The number of nitrogens with one attached hydrogen (secondary N) is 2. The molecule has 0 heterocycles. The van der Waals surface area contributed by atoms with Crippen LogP contribution in [-0.4, -0.2) is 68.6 Å². The fraction of sp³-hybridized carbons (Fsp3) is 0.818. The second kappa shape index (κ2) is 12.1. The standard InChI is InChI=1S/C11H22N2O5S/c1-17-6-7-18-5-4-12-11(16)13-9(10(14)15)3-8-19-2/h9H,3-8H2,1-2H3,(H,14,15)(H2,12,13,16). The summed E-state index contributed by atoms with van der Waals surface area (Å²) in [5.74, 6) is -0.349. The quantitative estimate of drug-likeness (QED) is 0.470. The maximum atomic E-state index is 11.4. The topological polar surface area (TPSA) is 96.9 Å². The van der Waals surface area contributed by atoms with Gasteiger partial charge in [-0.15, -0.1) is 0 Å². The lowest BCUT2D eigenvalue weighted by atomic mass is 10.2. The van der Waals surface area contributed by atoms with Crippen molar-refractivity contribution in [2.45, 2.75) is 12.5 Å². The van der Waals surface area contributed by atoms with Crippen molar-refractivity contribution in [3.63, 3.8) is 0 Å². The van der Waals surface area contributed by atoms with E-state index < -0.39 is 18.0 Å². The average molecular weight is 294 g/mol. The minimum Gasteiger partial charge on any atom is -0.480 e. The van der Waals surface area contributed by atoms with E-state index in [1.165, 1.54) is 11.8 Å². The number of rotatable bonds is 11. The molecule has 0 aromatic rings. The van der Waals surface area contributed by atoms with Gasteiger partial charge < -0.3 is 25.2 Å². The smallest absolute Gasteiger partial charge is 0.326 e. The van der Waals surface area contributed by atoms with Gasteiger partial charge in [0, 0.05) is 13.7 Å². The number of aliphatic carboxylic acids is 1. The Kier molecular flexibility index (Phi) is 11.4. The lowest BCUT2D eigenvalue weighted by molar-refractivity contribution is -0.139. The molecule has 0 aliphatic heterocycles. The number of carbonyl (C=O) groups is 2. The van der Waals surface area contributed by atoms with Crippen molar-refractivity contribution in [1.82, 2.24) is 10.6 Å². The molecule has 1 unspecified atom stereocenters. The van der Waals surface area contributed by atoms with E-state index in [9.17, 15) is 9.59 Å². The van der Waals surface area contributed by atoms with Crippen LogP contribution in [0.2, 0.25) is 0 Å². The Bertz CT molecular complexity index is 265. The Balaban J connectivity index is 3.71. The van der Waals surface area contributed by atoms with Gasteiger partial charge >= 0.3 is 12.0 Å². The van der Waals surface area contributed by atoms with E-state index in [0.717, 1.165) is 0 Å². The van der Waals surface area contributed by atoms with E-state index >= 15 is 0 Å². The van der Waals surface area contributed by atoms with Gasteiger partial charge in [-0.05, 0) is 18.4 Å². The van der Waals surface area contributed by atoms with Crippen molar-refractivity contribution in [1.29, 1.82) is 0 Å². The molecule has 0 radical (unpaired) electrons. The summed E-state index contributed by atoms with van der Waals surface area (Å²) in [6.07, 6.45) is 2.28. The van der Waals surface area contributed by atoms with Gasteiger partial charge in [-0.1, -0.05) is 0 Å². The van der Waals surface area contributed by atoms with Crippen LogP contribution in [0.4, 0.5) is 4.79 Å². The number of amides is 2. The van der Waals surface area contributed by atoms with Crippen molar-refractivity contribution >= 4 is 23.8 Å². The van der Waals surface area contributed by atoms with E-state index in [-0.39, 0.29) is 0 Å². The highest BCUT2D eigenvalue weighted by molar-refractivity contribution is 7.98. The van der Waals surface area contributed by atoms with Gasteiger partial charge in [0.1, 0.15) is 6.04 Å². The van der Waals surface area contributed by atoms with Crippen molar-refractivity contribution < 1.29 is 24.2 Å². The molecule has 3 N–H and O–H groups in total. The number of thioether (sulfide) groups is 1. The summed E-state index contributed by atoms with van der Waals surface area (Å²) in [7, 11) is 1.58. The molecule has 0 aromatic carbocycles. The summed E-state index contributed by atoms with van der Waals surface area (Å²) >= 11 is 1.54. The van der Waals surface area contributed by atoms with Gasteiger partial charge in [-0.25, -0.2) is 9.59 Å². The number of hydrogen-bond donors (Lipinski definition) is 3. The first-order valence-electron chi connectivity index (χ1n) is 5.94. The van der Waals surface area contributed by atoms with Crippen molar-refractivity contribution in [3.05, 3.63) is 0 Å². The fourth-order valence-corrected chi connectivity index (χ4v) is 1.65. The van der Waals surface area contributed by atoms with Crippen LogP contribution in [-0.2, 0) is 14.3 Å². The molecular formula is C11H22N2O5S. The van der Waals surface area contributed by atoms with Crippen LogP contribution in [0.15, 0.2) is 0 Å². The van der Waals surface area contributed by atoms with Crippen LogP contribution >= 0.6 is 11.8 Å². The second-order valence-electron chi connectivity index (χ2n) is 3.68.